The van der Waals surface area contributed by atoms with Crippen molar-refractivity contribution in [2.75, 3.05) is 0 Å². The summed E-state index contributed by atoms with van der Waals surface area (Å²) in [4.78, 5) is 0. The van der Waals surface area contributed by atoms with Gasteiger partial charge in [0.25, 0.3) is 0 Å². The Morgan fingerprint density at radius 1 is 0.733 bits per heavy atom. The highest BCUT2D eigenvalue weighted by atomic mass is 15.0. The summed E-state index contributed by atoms with van der Waals surface area (Å²) in [5.74, 6) is 0. The molecule has 0 saturated carbocycles. The molecule has 0 radical (unpaired) electrons. The molecular formula is C28H22BN. The molecule has 2 heteroatoms. The lowest BCUT2D eigenvalue weighted by molar-refractivity contribution is 0.645. The Hall–Kier alpha value is -3.26. The van der Waals surface area contributed by atoms with Crippen molar-refractivity contribution in [1.29, 1.82) is 0 Å². The van der Waals surface area contributed by atoms with Crippen molar-refractivity contribution in [3.05, 3.63) is 95.6 Å². The molecule has 2 aliphatic heterocycles. The average Bonchev–Trinajstić information content (AvgIpc) is 3.09. The fourth-order valence-electron chi connectivity index (χ4n) is 6.24. The van der Waals surface area contributed by atoms with E-state index in [0.29, 0.717) is 6.71 Å². The summed E-state index contributed by atoms with van der Waals surface area (Å²) in [5, 5.41) is 2.70. The predicted molar refractivity (Wildman–Crippen MR) is 129 cm³/mol. The number of aromatic nitrogens is 1. The Morgan fingerprint density at radius 2 is 1.53 bits per heavy atom. The van der Waals surface area contributed by atoms with Crippen molar-refractivity contribution in [1.82, 2.24) is 4.57 Å². The molecule has 0 N–H and O–H groups in total. The molecule has 7 rings (SSSR count). The standard InChI is InChI=1S/C28H22BN/c1-17-14-15-20-23(16-17)29-22-11-6-9-19-18-8-4-5-12-24(18)30(27(19)22)25-13-7-10-21(26(25)29)28(20,2)3/h4-16H,1-3H3. The van der Waals surface area contributed by atoms with Crippen molar-refractivity contribution in [3.8, 4) is 5.69 Å². The van der Waals surface area contributed by atoms with Crippen LogP contribution < -0.4 is 16.4 Å². The molecule has 0 fully saturated rings. The summed E-state index contributed by atoms with van der Waals surface area (Å²) < 4.78 is 2.52. The van der Waals surface area contributed by atoms with Gasteiger partial charge in [0.15, 0.2) is 0 Å². The maximum Gasteiger partial charge on any atom is 0.247 e. The van der Waals surface area contributed by atoms with E-state index in [4.69, 9.17) is 0 Å². The summed E-state index contributed by atoms with van der Waals surface area (Å²) in [6.07, 6.45) is 0. The molecule has 0 unspecified atom stereocenters. The van der Waals surface area contributed by atoms with E-state index in [0.717, 1.165) is 0 Å². The molecule has 0 atom stereocenters. The third-order valence-corrected chi connectivity index (χ3v) is 7.51. The SMILES string of the molecule is Cc1ccc2c(c1)B1c3c(cccc3C2(C)C)-n2c3ccccc3c3cccc1c32. The molecule has 0 spiro atoms. The molecule has 0 saturated heterocycles. The maximum atomic E-state index is 2.52. The number of hydrogen-bond acceptors (Lipinski definition) is 0. The van der Waals surface area contributed by atoms with Gasteiger partial charge < -0.3 is 4.57 Å². The van der Waals surface area contributed by atoms with Crippen LogP contribution in [-0.2, 0) is 5.41 Å². The molecule has 4 aromatic carbocycles. The van der Waals surface area contributed by atoms with Gasteiger partial charge in [-0.15, -0.1) is 0 Å². The van der Waals surface area contributed by atoms with E-state index < -0.39 is 0 Å². The van der Waals surface area contributed by atoms with Gasteiger partial charge in [-0.05, 0) is 41.1 Å². The first kappa shape index (κ1) is 16.5. The monoisotopic (exact) mass is 383 g/mol. The minimum Gasteiger partial charge on any atom is -0.310 e. The topological polar surface area (TPSA) is 4.93 Å². The molecule has 0 aliphatic carbocycles. The fourth-order valence-corrected chi connectivity index (χ4v) is 6.24. The molecule has 5 aromatic rings. The van der Waals surface area contributed by atoms with Crippen LogP contribution >= 0.6 is 0 Å². The second kappa shape index (κ2) is 5.26. The van der Waals surface area contributed by atoms with Gasteiger partial charge in [0, 0.05) is 27.4 Å². The van der Waals surface area contributed by atoms with E-state index in [9.17, 15) is 0 Å². The van der Waals surface area contributed by atoms with E-state index in [2.05, 4.69) is 104 Å². The van der Waals surface area contributed by atoms with Crippen LogP contribution in [-0.4, -0.2) is 11.3 Å². The zero-order valence-corrected chi connectivity index (χ0v) is 17.5. The van der Waals surface area contributed by atoms with Crippen LogP contribution in [0.15, 0.2) is 78.9 Å². The number of rotatable bonds is 0. The summed E-state index contributed by atoms with van der Waals surface area (Å²) in [6.45, 7) is 7.28. The van der Waals surface area contributed by atoms with E-state index in [1.807, 2.05) is 0 Å². The van der Waals surface area contributed by atoms with Crippen molar-refractivity contribution >= 4 is 44.9 Å². The minimum atomic E-state index is -0.0147. The van der Waals surface area contributed by atoms with Crippen LogP contribution in [0.3, 0.4) is 0 Å². The van der Waals surface area contributed by atoms with Gasteiger partial charge in [-0.25, -0.2) is 0 Å². The van der Waals surface area contributed by atoms with Gasteiger partial charge in [0.1, 0.15) is 0 Å². The van der Waals surface area contributed by atoms with Crippen molar-refractivity contribution < 1.29 is 0 Å². The Balaban J connectivity index is 1.76. The van der Waals surface area contributed by atoms with E-state index in [-0.39, 0.29) is 5.41 Å². The highest BCUT2D eigenvalue weighted by Crippen LogP contribution is 2.39. The predicted octanol–water partition coefficient (Wildman–Crippen LogP) is 4.56. The average molecular weight is 383 g/mol. The van der Waals surface area contributed by atoms with Crippen LogP contribution in [0.25, 0.3) is 27.5 Å². The summed E-state index contributed by atoms with van der Waals surface area (Å²) in [5.41, 5.74) is 12.7. The van der Waals surface area contributed by atoms with Crippen LogP contribution in [0.5, 0.6) is 0 Å². The summed E-state index contributed by atoms with van der Waals surface area (Å²) >= 11 is 0. The number of benzene rings is 4. The lowest BCUT2D eigenvalue weighted by atomic mass is 9.30. The number of hydrogen-bond donors (Lipinski definition) is 0. The largest absolute Gasteiger partial charge is 0.310 e. The molecule has 3 heterocycles. The van der Waals surface area contributed by atoms with Crippen LogP contribution in [0, 0.1) is 6.92 Å². The van der Waals surface area contributed by atoms with Gasteiger partial charge in [-0.1, -0.05) is 91.6 Å². The molecule has 2 aliphatic rings. The van der Waals surface area contributed by atoms with Gasteiger partial charge in [-0.2, -0.15) is 0 Å². The Bertz CT molecular complexity index is 1540. The van der Waals surface area contributed by atoms with Crippen molar-refractivity contribution in [3.63, 3.8) is 0 Å². The van der Waals surface area contributed by atoms with Gasteiger partial charge in [0.2, 0.25) is 6.71 Å². The first-order valence-corrected chi connectivity index (χ1v) is 10.8. The zero-order valence-electron chi connectivity index (χ0n) is 17.5. The first-order chi connectivity index (χ1) is 14.6. The first-order valence-electron chi connectivity index (χ1n) is 10.8. The molecule has 1 aromatic heterocycles. The fraction of sp³-hybridized carbons (Fsp3) is 0.143. The molecule has 30 heavy (non-hydrogen) atoms. The molecule has 0 bridgehead atoms. The van der Waals surface area contributed by atoms with Crippen LogP contribution in [0.2, 0.25) is 0 Å². The second-order valence-electron chi connectivity index (χ2n) is 9.48. The van der Waals surface area contributed by atoms with Crippen LogP contribution in [0.4, 0.5) is 0 Å². The third kappa shape index (κ3) is 1.77. The smallest absolute Gasteiger partial charge is 0.247 e. The molecule has 0 amide bonds. The van der Waals surface area contributed by atoms with Gasteiger partial charge >= 0.3 is 0 Å². The van der Waals surface area contributed by atoms with Crippen LogP contribution in [0.1, 0.15) is 30.5 Å². The minimum absolute atomic E-state index is 0.0147. The molecular weight excluding hydrogens is 361 g/mol. The highest BCUT2D eigenvalue weighted by molar-refractivity contribution is 6.99. The highest BCUT2D eigenvalue weighted by Gasteiger charge is 2.44. The number of aryl methyl sites for hydroxylation is 1. The summed E-state index contributed by atoms with van der Waals surface area (Å²) in [7, 11) is 0. The molecule has 142 valence electrons. The second-order valence-corrected chi connectivity index (χ2v) is 9.48. The number of para-hydroxylation sites is 2. The normalized spacial score (nSPS) is 15.4. The number of nitrogens with zero attached hydrogens (tertiary/aromatic N) is 1. The van der Waals surface area contributed by atoms with E-state index in [1.165, 1.54) is 60.6 Å². The van der Waals surface area contributed by atoms with Crippen molar-refractivity contribution in [2.24, 2.45) is 0 Å². The molecule has 1 nitrogen and oxygen atoms in total. The maximum absolute atomic E-state index is 2.52. The van der Waals surface area contributed by atoms with Gasteiger partial charge in [0.05, 0.1) is 5.52 Å². The third-order valence-electron chi connectivity index (χ3n) is 7.51. The lowest BCUT2D eigenvalue weighted by Gasteiger charge is -2.42. The van der Waals surface area contributed by atoms with E-state index >= 15 is 0 Å². The van der Waals surface area contributed by atoms with Gasteiger partial charge in [-0.3, -0.25) is 0 Å². The quantitative estimate of drug-likeness (QED) is 0.339. The summed E-state index contributed by atoms with van der Waals surface area (Å²) in [6, 6.07) is 29.7. The Kier molecular flexibility index (Phi) is 2.90. The number of fused-ring (bicyclic) bond motifs is 7. The Labute approximate surface area is 177 Å². The Morgan fingerprint density at radius 3 is 2.43 bits per heavy atom. The van der Waals surface area contributed by atoms with Crippen molar-refractivity contribution in [2.45, 2.75) is 26.2 Å². The lowest BCUT2D eigenvalue weighted by Crippen LogP contribution is -2.63. The van der Waals surface area contributed by atoms with E-state index in [1.54, 1.807) is 0 Å². The zero-order chi connectivity index (χ0) is 20.2.